The number of aliphatic hydroxyl groups excluding tert-OH is 1. The average molecular weight is 453 g/mol. The minimum Gasteiger partial charge on any atom is -0.386 e. The molecular formula is C27H33ClN2O2. The first kappa shape index (κ1) is 21.9. The Kier molecular flexibility index (Phi) is 6.54. The summed E-state index contributed by atoms with van der Waals surface area (Å²) in [6, 6.07) is 14.1. The maximum absolute atomic E-state index is 13.0. The summed E-state index contributed by atoms with van der Waals surface area (Å²) >= 11 is 6.54. The summed E-state index contributed by atoms with van der Waals surface area (Å²) in [6.45, 7) is 2.72. The van der Waals surface area contributed by atoms with Gasteiger partial charge in [0.15, 0.2) is 0 Å². The maximum atomic E-state index is 13.0. The molecule has 2 aromatic rings. The van der Waals surface area contributed by atoms with Crippen molar-refractivity contribution in [3.8, 4) is 0 Å². The van der Waals surface area contributed by atoms with Crippen molar-refractivity contribution >= 4 is 17.5 Å². The Morgan fingerprint density at radius 3 is 2.41 bits per heavy atom. The SMILES string of the molecule is O=C(CC1Cc2ccccc2C1)NC(CN1CCCC1)C(O)c1ccc(C2CC2)c(Cl)c1. The van der Waals surface area contributed by atoms with Crippen LogP contribution in [0.15, 0.2) is 42.5 Å². The molecule has 2 aromatic carbocycles. The van der Waals surface area contributed by atoms with Crippen LogP contribution in [0, 0.1) is 5.92 Å². The molecule has 2 unspecified atom stereocenters. The normalized spacial score (nSPS) is 20.8. The van der Waals surface area contributed by atoms with Gasteiger partial charge in [-0.05, 0) is 91.8 Å². The number of carbonyl (C=O) groups excluding carboxylic acids is 1. The zero-order valence-electron chi connectivity index (χ0n) is 18.6. The lowest BCUT2D eigenvalue weighted by Crippen LogP contribution is -2.47. The second-order valence-corrected chi connectivity index (χ2v) is 10.3. The number of nitrogens with one attached hydrogen (secondary N) is 1. The molecule has 2 N–H and O–H groups in total. The third kappa shape index (κ3) is 5.03. The first-order valence-corrected chi connectivity index (χ1v) is 12.5. The number of hydrogen-bond acceptors (Lipinski definition) is 3. The van der Waals surface area contributed by atoms with Crippen molar-refractivity contribution in [2.45, 2.75) is 63.0 Å². The largest absolute Gasteiger partial charge is 0.386 e. The number of benzene rings is 2. The van der Waals surface area contributed by atoms with Crippen LogP contribution < -0.4 is 5.32 Å². The average Bonchev–Trinajstić information content (AvgIpc) is 3.33. The molecule has 32 heavy (non-hydrogen) atoms. The van der Waals surface area contributed by atoms with Crippen LogP contribution in [-0.4, -0.2) is 41.6 Å². The van der Waals surface area contributed by atoms with Crippen LogP contribution in [-0.2, 0) is 17.6 Å². The molecule has 2 aliphatic carbocycles. The molecule has 4 nitrogen and oxygen atoms in total. The summed E-state index contributed by atoms with van der Waals surface area (Å²) in [5.74, 6) is 0.945. The highest BCUT2D eigenvalue weighted by Gasteiger charge is 2.30. The number of aliphatic hydroxyl groups is 1. The van der Waals surface area contributed by atoms with Crippen molar-refractivity contribution in [2.24, 2.45) is 5.92 Å². The summed E-state index contributed by atoms with van der Waals surface area (Å²) in [5.41, 5.74) is 4.70. The number of fused-ring (bicyclic) bond motifs is 1. The van der Waals surface area contributed by atoms with Gasteiger partial charge in [-0.15, -0.1) is 0 Å². The van der Waals surface area contributed by atoms with E-state index in [-0.39, 0.29) is 11.9 Å². The van der Waals surface area contributed by atoms with E-state index in [1.54, 1.807) is 0 Å². The predicted molar refractivity (Wildman–Crippen MR) is 128 cm³/mol. The molecule has 0 spiro atoms. The van der Waals surface area contributed by atoms with E-state index in [1.807, 2.05) is 12.1 Å². The number of carbonyl (C=O) groups is 1. The summed E-state index contributed by atoms with van der Waals surface area (Å²) in [6.07, 6.45) is 6.39. The topological polar surface area (TPSA) is 52.6 Å². The van der Waals surface area contributed by atoms with E-state index in [4.69, 9.17) is 11.6 Å². The van der Waals surface area contributed by atoms with E-state index in [9.17, 15) is 9.90 Å². The standard InChI is InChI=1S/C27H33ClN2O2/c28-24-16-22(9-10-23(24)19-7-8-19)27(32)25(17-30-11-3-4-12-30)29-26(31)15-18-13-20-5-1-2-6-21(20)14-18/h1-2,5-6,9-10,16,18-19,25,27,32H,3-4,7-8,11-15,17H2,(H,29,31). The second-order valence-electron chi connectivity index (χ2n) is 9.93. The van der Waals surface area contributed by atoms with Gasteiger partial charge in [0, 0.05) is 18.0 Å². The molecule has 1 heterocycles. The highest BCUT2D eigenvalue weighted by atomic mass is 35.5. The van der Waals surface area contributed by atoms with Gasteiger partial charge in [-0.2, -0.15) is 0 Å². The van der Waals surface area contributed by atoms with E-state index >= 15 is 0 Å². The molecule has 1 amide bonds. The van der Waals surface area contributed by atoms with E-state index in [0.29, 0.717) is 24.8 Å². The number of rotatable bonds is 8. The Hall–Kier alpha value is -1.88. The number of nitrogens with zero attached hydrogens (tertiary/aromatic N) is 1. The lowest BCUT2D eigenvalue weighted by atomic mass is 9.97. The van der Waals surface area contributed by atoms with Gasteiger partial charge in [0.25, 0.3) is 0 Å². The Balaban J connectivity index is 1.26. The number of hydrogen-bond donors (Lipinski definition) is 2. The van der Waals surface area contributed by atoms with Crippen LogP contribution in [0.2, 0.25) is 5.02 Å². The van der Waals surface area contributed by atoms with Crippen molar-refractivity contribution in [1.82, 2.24) is 10.2 Å². The number of halogens is 1. The lowest BCUT2D eigenvalue weighted by molar-refractivity contribution is -0.123. The molecular weight excluding hydrogens is 420 g/mol. The molecule has 2 fully saturated rings. The van der Waals surface area contributed by atoms with Crippen LogP contribution in [0.5, 0.6) is 0 Å². The van der Waals surface area contributed by atoms with E-state index < -0.39 is 6.10 Å². The Labute approximate surface area is 196 Å². The highest BCUT2D eigenvalue weighted by Crippen LogP contribution is 2.43. The monoisotopic (exact) mass is 452 g/mol. The van der Waals surface area contributed by atoms with E-state index in [2.05, 4.69) is 40.5 Å². The smallest absolute Gasteiger partial charge is 0.220 e. The fourth-order valence-electron chi connectivity index (χ4n) is 5.48. The molecule has 0 radical (unpaired) electrons. The molecule has 1 saturated carbocycles. The van der Waals surface area contributed by atoms with Gasteiger partial charge in [-0.3, -0.25) is 4.79 Å². The van der Waals surface area contributed by atoms with Gasteiger partial charge < -0.3 is 15.3 Å². The second kappa shape index (κ2) is 9.54. The summed E-state index contributed by atoms with van der Waals surface area (Å²) in [4.78, 5) is 15.4. The van der Waals surface area contributed by atoms with Gasteiger partial charge in [0.05, 0.1) is 6.04 Å². The first-order chi connectivity index (χ1) is 15.6. The lowest BCUT2D eigenvalue weighted by Gasteiger charge is -2.29. The van der Waals surface area contributed by atoms with Gasteiger partial charge in [0.1, 0.15) is 6.10 Å². The van der Waals surface area contributed by atoms with Crippen LogP contribution >= 0.6 is 11.6 Å². The van der Waals surface area contributed by atoms with Crippen LogP contribution in [0.4, 0.5) is 0 Å². The predicted octanol–water partition coefficient (Wildman–Crippen LogP) is 4.64. The van der Waals surface area contributed by atoms with Gasteiger partial charge >= 0.3 is 0 Å². The maximum Gasteiger partial charge on any atom is 0.220 e. The van der Waals surface area contributed by atoms with Crippen LogP contribution in [0.25, 0.3) is 0 Å². The number of likely N-dealkylation sites (tertiary alicyclic amines) is 1. The Morgan fingerprint density at radius 2 is 1.78 bits per heavy atom. The number of amides is 1. The van der Waals surface area contributed by atoms with Gasteiger partial charge in [0.2, 0.25) is 5.91 Å². The molecule has 3 aliphatic rings. The van der Waals surface area contributed by atoms with E-state index in [1.165, 1.54) is 42.4 Å². The zero-order chi connectivity index (χ0) is 22.1. The molecule has 5 heteroatoms. The van der Waals surface area contributed by atoms with Crippen LogP contribution in [0.3, 0.4) is 0 Å². The molecule has 5 rings (SSSR count). The van der Waals surface area contributed by atoms with Crippen molar-refractivity contribution in [3.63, 3.8) is 0 Å². The minimum absolute atomic E-state index is 0.0340. The fourth-order valence-corrected chi connectivity index (χ4v) is 5.82. The minimum atomic E-state index is -0.772. The van der Waals surface area contributed by atoms with E-state index in [0.717, 1.165) is 36.5 Å². The van der Waals surface area contributed by atoms with Crippen molar-refractivity contribution in [1.29, 1.82) is 0 Å². The third-order valence-corrected chi connectivity index (χ3v) is 7.70. The van der Waals surface area contributed by atoms with Crippen molar-refractivity contribution in [3.05, 3.63) is 69.7 Å². The molecule has 0 aromatic heterocycles. The van der Waals surface area contributed by atoms with Gasteiger partial charge in [-0.1, -0.05) is 48.0 Å². The molecule has 1 aliphatic heterocycles. The molecule has 2 atom stereocenters. The van der Waals surface area contributed by atoms with Gasteiger partial charge in [-0.25, -0.2) is 0 Å². The third-order valence-electron chi connectivity index (χ3n) is 7.37. The van der Waals surface area contributed by atoms with Crippen molar-refractivity contribution in [2.75, 3.05) is 19.6 Å². The molecule has 0 bridgehead atoms. The summed E-state index contributed by atoms with van der Waals surface area (Å²) in [5, 5.41) is 15.2. The summed E-state index contributed by atoms with van der Waals surface area (Å²) in [7, 11) is 0. The zero-order valence-corrected chi connectivity index (χ0v) is 19.4. The first-order valence-electron chi connectivity index (χ1n) is 12.1. The fraction of sp³-hybridized carbons (Fsp3) is 0.519. The molecule has 1 saturated heterocycles. The Bertz CT molecular complexity index is 943. The highest BCUT2D eigenvalue weighted by molar-refractivity contribution is 6.31. The molecule has 170 valence electrons. The van der Waals surface area contributed by atoms with Crippen molar-refractivity contribution < 1.29 is 9.90 Å². The summed E-state index contributed by atoms with van der Waals surface area (Å²) < 4.78 is 0. The Morgan fingerprint density at radius 1 is 1.09 bits per heavy atom. The van der Waals surface area contributed by atoms with Crippen LogP contribution in [0.1, 0.15) is 66.4 Å². The quantitative estimate of drug-likeness (QED) is 0.613.